The largest absolute Gasteiger partial charge is 0.330 e. The molecule has 1 atom stereocenters. The SMILES string of the molecule is CC(C)C(CN)C12CC3CC(CC(C3)C1)C2. The van der Waals surface area contributed by atoms with Crippen molar-refractivity contribution in [1.82, 2.24) is 0 Å². The average molecular weight is 221 g/mol. The third-order valence-electron chi connectivity index (χ3n) is 5.93. The highest BCUT2D eigenvalue weighted by atomic mass is 14.6. The number of hydrogen-bond donors (Lipinski definition) is 1. The van der Waals surface area contributed by atoms with Crippen LogP contribution in [0.3, 0.4) is 0 Å². The normalized spacial score (nSPS) is 47.6. The van der Waals surface area contributed by atoms with Crippen molar-refractivity contribution in [3.63, 3.8) is 0 Å². The van der Waals surface area contributed by atoms with Crippen LogP contribution in [0.5, 0.6) is 0 Å². The van der Waals surface area contributed by atoms with Crippen LogP contribution < -0.4 is 5.73 Å². The molecule has 92 valence electrons. The maximum absolute atomic E-state index is 6.10. The third-order valence-corrected chi connectivity index (χ3v) is 5.93. The van der Waals surface area contributed by atoms with Gasteiger partial charge in [-0.05, 0) is 80.1 Å². The van der Waals surface area contributed by atoms with Gasteiger partial charge in [-0.3, -0.25) is 0 Å². The van der Waals surface area contributed by atoms with Crippen LogP contribution in [0.4, 0.5) is 0 Å². The highest BCUT2D eigenvalue weighted by Gasteiger charge is 2.54. The van der Waals surface area contributed by atoms with Gasteiger partial charge in [0, 0.05) is 0 Å². The molecule has 2 N–H and O–H groups in total. The van der Waals surface area contributed by atoms with Gasteiger partial charge in [-0.2, -0.15) is 0 Å². The second-order valence-electron chi connectivity index (χ2n) is 7.37. The highest BCUT2D eigenvalue weighted by Crippen LogP contribution is 2.63. The second-order valence-corrected chi connectivity index (χ2v) is 7.37. The molecule has 0 spiro atoms. The molecule has 4 rings (SSSR count). The molecule has 0 aliphatic heterocycles. The van der Waals surface area contributed by atoms with Gasteiger partial charge in [-0.1, -0.05) is 13.8 Å². The first kappa shape index (κ1) is 11.1. The fourth-order valence-corrected chi connectivity index (χ4v) is 5.86. The van der Waals surface area contributed by atoms with Gasteiger partial charge in [-0.15, -0.1) is 0 Å². The lowest BCUT2D eigenvalue weighted by atomic mass is 9.45. The smallest absolute Gasteiger partial charge is 0.00411 e. The van der Waals surface area contributed by atoms with Crippen molar-refractivity contribution >= 4 is 0 Å². The number of nitrogens with two attached hydrogens (primary N) is 1. The highest BCUT2D eigenvalue weighted by molar-refractivity contribution is 5.04. The predicted molar refractivity (Wildman–Crippen MR) is 68.0 cm³/mol. The van der Waals surface area contributed by atoms with E-state index < -0.39 is 0 Å². The van der Waals surface area contributed by atoms with Crippen LogP contribution in [0, 0.1) is 35.0 Å². The van der Waals surface area contributed by atoms with Crippen molar-refractivity contribution in [2.75, 3.05) is 6.54 Å². The zero-order valence-electron chi connectivity index (χ0n) is 10.9. The van der Waals surface area contributed by atoms with Gasteiger partial charge in [0.2, 0.25) is 0 Å². The third kappa shape index (κ3) is 1.54. The Kier molecular flexibility index (Phi) is 2.58. The molecule has 4 fully saturated rings. The summed E-state index contributed by atoms with van der Waals surface area (Å²) in [6.07, 6.45) is 9.19. The number of hydrogen-bond acceptors (Lipinski definition) is 1. The van der Waals surface area contributed by atoms with Crippen LogP contribution in [0.25, 0.3) is 0 Å². The Morgan fingerprint density at radius 1 is 1.00 bits per heavy atom. The zero-order valence-corrected chi connectivity index (χ0v) is 10.9. The molecule has 4 saturated carbocycles. The first-order chi connectivity index (χ1) is 7.63. The van der Waals surface area contributed by atoms with E-state index in [1.807, 2.05) is 0 Å². The minimum absolute atomic E-state index is 0.664. The summed E-state index contributed by atoms with van der Waals surface area (Å²) < 4.78 is 0. The predicted octanol–water partition coefficient (Wildman–Crippen LogP) is 3.43. The molecule has 0 heterocycles. The van der Waals surface area contributed by atoms with E-state index >= 15 is 0 Å². The van der Waals surface area contributed by atoms with E-state index in [1.54, 1.807) is 19.3 Å². The molecule has 4 aliphatic rings. The molecular weight excluding hydrogens is 194 g/mol. The summed E-state index contributed by atoms with van der Waals surface area (Å²) in [5.41, 5.74) is 6.76. The van der Waals surface area contributed by atoms with Crippen LogP contribution >= 0.6 is 0 Å². The Labute approximate surface area is 100 Å². The maximum Gasteiger partial charge on any atom is -0.00411 e. The lowest BCUT2D eigenvalue weighted by molar-refractivity contribution is -0.0953. The Balaban J connectivity index is 1.87. The zero-order chi connectivity index (χ0) is 11.3. The van der Waals surface area contributed by atoms with Crippen molar-refractivity contribution in [2.45, 2.75) is 52.4 Å². The van der Waals surface area contributed by atoms with E-state index in [4.69, 9.17) is 5.73 Å². The topological polar surface area (TPSA) is 26.0 Å². The summed E-state index contributed by atoms with van der Waals surface area (Å²) in [6, 6.07) is 0. The summed E-state index contributed by atoms with van der Waals surface area (Å²) in [7, 11) is 0. The second kappa shape index (κ2) is 3.73. The van der Waals surface area contributed by atoms with E-state index in [-0.39, 0.29) is 0 Å². The Hall–Kier alpha value is -0.0400. The lowest BCUT2D eigenvalue weighted by Gasteiger charge is -2.60. The van der Waals surface area contributed by atoms with Crippen molar-refractivity contribution in [3.05, 3.63) is 0 Å². The molecule has 0 radical (unpaired) electrons. The molecule has 1 unspecified atom stereocenters. The van der Waals surface area contributed by atoms with Gasteiger partial charge in [-0.25, -0.2) is 0 Å². The summed E-state index contributed by atoms with van der Waals surface area (Å²) >= 11 is 0. The van der Waals surface area contributed by atoms with Gasteiger partial charge < -0.3 is 5.73 Å². The maximum atomic E-state index is 6.10. The Bertz CT molecular complexity index is 233. The van der Waals surface area contributed by atoms with Crippen LogP contribution in [-0.2, 0) is 0 Å². The van der Waals surface area contributed by atoms with E-state index in [1.165, 1.54) is 19.3 Å². The molecule has 16 heavy (non-hydrogen) atoms. The van der Waals surface area contributed by atoms with E-state index in [2.05, 4.69) is 13.8 Å². The van der Waals surface area contributed by atoms with E-state index in [0.29, 0.717) is 5.41 Å². The van der Waals surface area contributed by atoms with Crippen molar-refractivity contribution in [3.8, 4) is 0 Å². The monoisotopic (exact) mass is 221 g/mol. The van der Waals surface area contributed by atoms with Gasteiger partial charge in [0.05, 0.1) is 0 Å². The molecular formula is C15H27N. The molecule has 1 nitrogen and oxygen atoms in total. The van der Waals surface area contributed by atoms with E-state index in [0.717, 1.165) is 36.1 Å². The number of rotatable bonds is 3. The first-order valence-electron chi connectivity index (χ1n) is 7.33. The van der Waals surface area contributed by atoms with Crippen LogP contribution in [0.1, 0.15) is 52.4 Å². The Morgan fingerprint density at radius 3 is 1.75 bits per heavy atom. The van der Waals surface area contributed by atoms with Crippen molar-refractivity contribution in [2.24, 2.45) is 40.7 Å². The van der Waals surface area contributed by atoms with Gasteiger partial charge in [0.1, 0.15) is 0 Å². The molecule has 0 aromatic carbocycles. The van der Waals surface area contributed by atoms with Gasteiger partial charge >= 0.3 is 0 Å². The van der Waals surface area contributed by atoms with Gasteiger partial charge in [0.15, 0.2) is 0 Å². The lowest BCUT2D eigenvalue weighted by Crippen LogP contribution is -2.52. The Morgan fingerprint density at radius 2 is 1.44 bits per heavy atom. The minimum atomic E-state index is 0.664. The molecule has 4 bridgehead atoms. The molecule has 4 aliphatic carbocycles. The fourth-order valence-electron chi connectivity index (χ4n) is 5.86. The summed E-state index contributed by atoms with van der Waals surface area (Å²) in [4.78, 5) is 0. The summed E-state index contributed by atoms with van der Waals surface area (Å²) in [5.74, 6) is 4.78. The van der Waals surface area contributed by atoms with Gasteiger partial charge in [0.25, 0.3) is 0 Å². The fraction of sp³-hybridized carbons (Fsp3) is 1.00. The van der Waals surface area contributed by atoms with Crippen molar-refractivity contribution < 1.29 is 0 Å². The summed E-state index contributed by atoms with van der Waals surface area (Å²) in [6.45, 7) is 5.69. The molecule has 0 saturated heterocycles. The molecule has 0 amide bonds. The average Bonchev–Trinajstić information content (AvgIpc) is 2.14. The summed E-state index contributed by atoms with van der Waals surface area (Å²) in [5, 5.41) is 0. The van der Waals surface area contributed by atoms with Crippen LogP contribution in [0.15, 0.2) is 0 Å². The molecule has 0 aromatic heterocycles. The standard InChI is InChI=1S/C15H27N/c1-10(2)14(9-16)15-6-11-3-12(7-15)5-13(4-11)8-15/h10-14H,3-9,16H2,1-2H3. The minimum Gasteiger partial charge on any atom is -0.330 e. The molecule has 0 aromatic rings. The quantitative estimate of drug-likeness (QED) is 0.776. The van der Waals surface area contributed by atoms with E-state index in [9.17, 15) is 0 Å². The molecule has 1 heteroatoms. The first-order valence-corrected chi connectivity index (χ1v) is 7.33. The van der Waals surface area contributed by atoms with Crippen LogP contribution in [0.2, 0.25) is 0 Å². The van der Waals surface area contributed by atoms with Crippen LogP contribution in [-0.4, -0.2) is 6.54 Å². The van der Waals surface area contributed by atoms with Crippen molar-refractivity contribution in [1.29, 1.82) is 0 Å².